The van der Waals surface area contributed by atoms with E-state index in [0.717, 1.165) is 24.1 Å². The molecule has 2 aromatic carbocycles. The number of rotatable bonds is 7. The molecular weight excluding hydrogens is 420 g/mol. The van der Waals surface area contributed by atoms with Crippen LogP contribution in [0.25, 0.3) is 5.69 Å². The fourth-order valence-electron chi connectivity index (χ4n) is 4.23. The standard InChI is InChI=1S/C24H24N6O3/c1-15(16-6-8-17(9-7-16)29-14-25-13-27-29)28-21(31)12-26-23(32)22-19-4-2-3-5-20(19)24(33)30(22)18-10-11-18/h2-9,13-15,18,22H,10-12H2,1H3,(H,26,32)(H,28,31). The van der Waals surface area contributed by atoms with Crippen molar-refractivity contribution in [3.05, 3.63) is 77.9 Å². The van der Waals surface area contributed by atoms with E-state index in [2.05, 4.69) is 20.7 Å². The predicted molar refractivity (Wildman–Crippen MR) is 119 cm³/mol. The molecule has 168 valence electrons. The first kappa shape index (κ1) is 20.9. The molecule has 33 heavy (non-hydrogen) atoms. The molecule has 3 aromatic rings. The van der Waals surface area contributed by atoms with Gasteiger partial charge in [0, 0.05) is 11.6 Å². The van der Waals surface area contributed by atoms with Gasteiger partial charge >= 0.3 is 0 Å². The Hall–Kier alpha value is -4.01. The second-order valence-electron chi connectivity index (χ2n) is 8.37. The van der Waals surface area contributed by atoms with Gasteiger partial charge in [-0.3, -0.25) is 14.4 Å². The van der Waals surface area contributed by atoms with Crippen LogP contribution in [0.1, 0.15) is 53.3 Å². The van der Waals surface area contributed by atoms with Crippen LogP contribution < -0.4 is 10.6 Å². The van der Waals surface area contributed by atoms with Crippen molar-refractivity contribution < 1.29 is 14.4 Å². The molecule has 0 bridgehead atoms. The van der Waals surface area contributed by atoms with Crippen LogP contribution in [0.2, 0.25) is 0 Å². The summed E-state index contributed by atoms with van der Waals surface area (Å²) in [7, 11) is 0. The van der Waals surface area contributed by atoms with Gasteiger partial charge < -0.3 is 15.5 Å². The maximum Gasteiger partial charge on any atom is 0.255 e. The van der Waals surface area contributed by atoms with Crippen LogP contribution in [-0.2, 0) is 9.59 Å². The lowest BCUT2D eigenvalue weighted by Gasteiger charge is -2.24. The summed E-state index contributed by atoms with van der Waals surface area (Å²) < 4.78 is 1.65. The van der Waals surface area contributed by atoms with Gasteiger partial charge in [0.2, 0.25) is 11.8 Å². The monoisotopic (exact) mass is 444 g/mol. The summed E-state index contributed by atoms with van der Waals surface area (Å²) in [6, 6.07) is 14.0. The van der Waals surface area contributed by atoms with Gasteiger partial charge in [-0.1, -0.05) is 30.3 Å². The summed E-state index contributed by atoms with van der Waals surface area (Å²) >= 11 is 0. The van der Waals surface area contributed by atoms with E-state index in [1.54, 1.807) is 28.0 Å². The summed E-state index contributed by atoms with van der Waals surface area (Å²) in [5, 5.41) is 9.71. The molecular formula is C24H24N6O3. The van der Waals surface area contributed by atoms with Gasteiger partial charge in [-0.25, -0.2) is 9.67 Å². The number of amides is 3. The molecule has 1 fully saturated rings. The van der Waals surface area contributed by atoms with Gasteiger partial charge in [0.25, 0.3) is 5.91 Å². The first-order valence-corrected chi connectivity index (χ1v) is 11.0. The zero-order valence-electron chi connectivity index (χ0n) is 18.1. The third-order valence-electron chi connectivity index (χ3n) is 6.06. The molecule has 2 heterocycles. The predicted octanol–water partition coefficient (Wildman–Crippen LogP) is 1.92. The maximum absolute atomic E-state index is 13.0. The van der Waals surface area contributed by atoms with Crippen LogP contribution in [-0.4, -0.2) is 50.0 Å². The number of aromatic nitrogens is 3. The van der Waals surface area contributed by atoms with Crippen molar-refractivity contribution in [3.63, 3.8) is 0 Å². The molecule has 9 nitrogen and oxygen atoms in total. The summed E-state index contributed by atoms with van der Waals surface area (Å²) in [5.41, 5.74) is 3.06. The molecule has 2 unspecified atom stereocenters. The van der Waals surface area contributed by atoms with E-state index in [4.69, 9.17) is 0 Å². The number of carbonyl (C=O) groups excluding carboxylic acids is 3. The Bertz CT molecular complexity index is 1190. The normalized spacial score (nSPS) is 18.0. The second-order valence-corrected chi connectivity index (χ2v) is 8.37. The second kappa shape index (κ2) is 8.50. The molecule has 2 atom stereocenters. The van der Waals surface area contributed by atoms with E-state index < -0.39 is 6.04 Å². The van der Waals surface area contributed by atoms with E-state index in [1.165, 1.54) is 6.33 Å². The first-order chi connectivity index (χ1) is 16.0. The molecule has 1 aromatic heterocycles. The van der Waals surface area contributed by atoms with E-state index >= 15 is 0 Å². The van der Waals surface area contributed by atoms with Crippen molar-refractivity contribution in [1.82, 2.24) is 30.3 Å². The molecule has 0 spiro atoms. The Kier molecular flexibility index (Phi) is 5.37. The van der Waals surface area contributed by atoms with Gasteiger partial charge in [0.1, 0.15) is 18.7 Å². The maximum atomic E-state index is 13.0. The van der Waals surface area contributed by atoms with Gasteiger partial charge in [-0.05, 0) is 49.1 Å². The fourth-order valence-corrected chi connectivity index (χ4v) is 4.23. The van der Waals surface area contributed by atoms with Crippen molar-refractivity contribution in [1.29, 1.82) is 0 Å². The molecule has 2 aliphatic rings. The van der Waals surface area contributed by atoms with Gasteiger partial charge in [0.05, 0.1) is 18.3 Å². The average molecular weight is 444 g/mol. The molecule has 0 saturated heterocycles. The topological polar surface area (TPSA) is 109 Å². The number of nitrogens with one attached hydrogen (secondary N) is 2. The Morgan fingerprint density at radius 1 is 1.12 bits per heavy atom. The number of carbonyl (C=O) groups is 3. The van der Waals surface area contributed by atoms with E-state index in [1.807, 2.05) is 43.3 Å². The quantitative estimate of drug-likeness (QED) is 0.579. The van der Waals surface area contributed by atoms with Crippen LogP contribution >= 0.6 is 0 Å². The third kappa shape index (κ3) is 4.09. The molecule has 3 amide bonds. The average Bonchev–Trinajstić information content (AvgIpc) is 3.42. The zero-order valence-corrected chi connectivity index (χ0v) is 18.1. The highest BCUT2D eigenvalue weighted by Crippen LogP contribution is 2.41. The minimum atomic E-state index is -0.684. The molecule has 5 rings (SSSR count). The van der Waals surface area contributed by atoms with Crippen molar-refractivity contribution in [2.45, 2.75) is 37.9 Å². The van der Waals surface area contributed by atoms with Crippen molar-refractivity contribution in [3.8, 4) is 5.69 Å². The van der Waals surface area contributed by atoms with Crippen molar-refractivity contribution >= 4 is 17.7 Å². The smallest absolute Gasteiger partial charge is 0.255 e. The number of nitrogens with zero attached hydrogens (tertiary/aromatic N) is 4. The minimum absolute atomic E-state index is 0.0926. The highest BCUT2D eigenvalue weighted by Gasteiger charge is 2.47. The Morgan fingerprint density at radius 2 is 1.88 bits per heavy atom. The number of hydrogen-bond donors (Lipinski definition) is 2. The molecule has 1 aliphatic heterocycles. The van der Waals surface area contributed by atoms with Crippen LogP contribution in [0, 0.1) is 0 Å². The largest absolute Gasteiger partial charge is 0.348 e. The fraction of sp³-hybridized carbons (Fsp3) is 0.292. The molecule has 1 aliphatic carbocycles. The summed E-state index contributed by atoms with van der Waals surface area (Å²) in [4.78, 5) is 43.9. The summed E-state index contributed by atoms with van der Waals surface area (Å²) in [6.07, 6.45) is 4.88. The lowest BCUT2D eigenvalue weighted by atomic mass is 10.0. The minimum Gasteiger partial charge on any atom is -0.348 e. The molecule has 9 heteroatoms. The van der Waals surface area contributed by atoms with Crippen LogP contribution in [0.15, 0.2) is 61.2 Å². The van der Waals surface area contributed by atoms with Crippen LogP contribution in [0.3, 0.4) is 0 Å². The highest BCUT2D eigenvalue weighted by molar-refractivity contribution is 6.05. The van der Waals surface area contributed by atoms with Crippen LogP contribution in [0.5, 0.6) is 0 Å². The lowest BCUT2D eigenvalue weighted by Crippen LogP contribution is -2.44. The number of benzene rings is 2. The lowest BCUT2D eigenvalue weighted by molar-refractivity contribution is -0.129. The van der Waals surface area contributed by atoms with E-state index in [-0.39, 0.29) is 36.3 Å². The third-order valence-corrected chi connectivity index (χ3v) is 6.06. The van der Waals surface area contributed by atoms with Gasteiger partial charge in [0.15, 0.2) is 0 Å². The Labute approximate surface area is 190 Å². The highest BCUT2D eigenvalue weighted by atomic mass is 16.2. The molecule has 2 N–H and O–H groups in total. The Balaban J connectivity index is 1.19. The summed E-state index contributed by atoms with van der Waals surface area (Å²) in [5.74, 6) is -0.743. The Morgan fingerprint density at radius 3 is 2.58 bits per heavy atom. The summed E-state index contributed by atoms with van der Waals surface area (Å²) in [6.45, 7) is 1.72. The number of hydrogen-bond acceptors (Lipinski definition) is 5. The van der Waals surface area contributed by atoms with E-state index in [0.29, 0.717) is 11.1 Å². The van der Waals surface area contributed by atoms with E-state index in [9.17, 15) is 14.4 Å². The zero-order chi connectivity index (χ0) is 22.9. The SMILES string of the molecule is CC(NC(=O)CNC(=O)C1c2ccccc2C(=O)N1C1CC1)c1ccc(-n2cncn2)cc1. The van der Waals surface area contributed by atoms with Gasteiger partial charge in [-0.2, -0.15) is 5.10 Å². The first-order valence-electron chi connectivity index (χ1n) is 11.0. The van der Waals surface area contributed by atoms with Gasteiger partial charge in [-0.15, -0.1) is 0 Å². The van der Waals surface area contributed by atoms with Crippen LogP contribution in [0.4, 0.5) is 0 Å². The number of fused-ring (bicyclic) bond motifs is 1. The van der Waals surface area contributed by atoms with Crippen molar-refractivity contribution in [2.24, 2.45) is 0 Å². The van der Waals surface area contributed by atoms with Crippen molar-refractivity contribution in [2.75, 3.05) is 6.54 Å². The molecule has 1 saturated carbocycles. The molecule has 0 radical (unpaired) electrons.